The second-order valence-corrected chi connectivity index (χ2v) is 14.8. The van der Waals surface area contributed by atoms with Gasteiger partial charge in [0.05, 0.1) is 0 Å². The van der Waals surface area contributed by atoms with E-state index in [1.807, 2.05) is 0 Å². The van der Waals surface area contributed by atoms with Crippen molar-refractivity contribution < 1.29 is 4.42 Å². The lowest BCUT2D eigenvalue weighted by Crippen LogP contribution is -2.15. The molecule has 0 unspecified atom stereocenters. The largest absolute Gasteiger partial charge is 0.455 e. The fourth-order valence-electron chi connectivity index (χ4n) is 9.11. The van der Waals surface area contributed by atoms with E-state index >= 15 is 0 Å². The lowest BCUT2D eigenvalue weighted by Gasteiger charge is -2.23. The zero-order chi connectivity index (χ0) is 34.6. The molecular formula is C51H34O. The Balaban J connectivity index is 1.05. The second-order valence-electron chi connectivity index (χ2n) is 14.8. The van der Waals surface area contributed by atoms with Crippen LogP contribution >= 0.6 is 0 Å². The zero-order valence-electron chi connectivity index (χ0n) is 29.1. The molecule has 0 amide bonds. The number of hydrogen-bond donors (Lipinski definition) is 0. The van der Waals surface area contributed by atoms with Crippen LogP contribution < -0.4 is 0 Å². The van der Waals surface area contributed by atoms with Crippen molar-refractivity contribution in [3.05, 3.63) is 181 Å². The molecule has 1 heterocycles. The number of furan rings is 1. The van der Waals surface area contributed by atoms with Gasteiger partial charge >= 0.3 is 0 Å². The summed E-state index contributed by atoms with van der Waals surface area (Å²) in [6.07, 6.45) is 0. The van der Waals surface area contributed by atoms with E-state index in [2.05, 4.69) is 184 Å². The molecule has 0 radical (unpaired) electrons. The summed E-state index contributed by atoms with van der Waals surface area (Å²) < 4.78 is 6.44. The predicted octanol–water partition coefficient (Wildman–Crippen LogP) is 14.4. The molecule has 0 aliphatic heterocycles. The summed E-state index contributed by atoms with van der Waals surface area (Å²) in [7, 11) is 0. The Kier molecular flexibility index (Phi) is 6.08. The van der Waals surface area contributed by atoms with Crippen molar-refractivity contribution in [2.24, 2.45) is 0 Å². The van der Waals surface area contributed by atoms with Gasteiger partial charge in [0.1, 0.15) is 11.2 Å². The number of fused-ring (bicyclic) bond motifs is 10. The van der Waals surface area contributed by atoms with Crippen LogP contribution in [0.1, 0.15) is 25.0 Å². The van der Waals surface area contributed by atoms with Crippen molar-refractivity contribution in [3.63, 3.8) is 0 Å². The average molecular weight is 663 g/mol. The van der Waals surface area contributed by atoms with Crippen LogP contribution in [0.3, 0.4) is 0 Å². The molecule has 52 heavy (non-hydrogen) atoms. The molecule has 1 aliphatic rings. The first-order chi connectivity index (χ1) is 25.5. The van der Waals surface area contributed by atoms with Crippen molar-refractivity contribution in [1.82, 2.24) is 0 Å². The van der Waals surface area contributed by atoms with E-state index in [4.69, 9.17) is 4.42 Å². The monoisotopic (exact) mass is 662 g/mol. The summed E-state index contributed by atoms with van der Waals surface area (Å²) in [5.74, 6) is 0. The summed E-state index contributed by atoms with van der Waals surface area (Å²) in [5, 5.41) is 9.80. The van der Waals surface area contributed by atoms with E-state index in [-0.39, 0.29) is 5.41 Å². The molecule has 0 atom stereocenters. The third kappa shape index (κ3) is 4.11. The first-order valence-electron chi connectivity index (χ1n) is 18.2. The summed E-state index contributed by atoms with van der Waals surface area (Å²) in [5.41, 5.74) is 14.6. The van der Waals surface area contributed by atoms with Gasteiger partial charge in [-0.2, -0.15) is 0 Å². The van der Waals surface area contributed by atoms with Gasteiger partial charge in [0.2, 0.25) is 0 Å². The van der Waals surface area contributed by atoms with Crippen LogP contribution in [0.4, 0.5) is 0 Å². The van der Waals surface area contributed by atoms with Crippen LogP contribution in [-0.2, 0) is 5.41 Å². The number of rotatable bonds is 3. The third-order valence-corrected chi connectivity index (χ3v) is 11.7. The summed E-state index contributed by atoms with van der Waals surface area (Å²) in [6.45, 7) is 4.77. The minimum atomic E-state index is -0.169. The van der Waals surface area contributed by atoms with Gasteiger partial charge in [-0.3, -0.25) is 0 Å². The molecule has 10 aromatic rings. The van der Waals surface area contributed by atoms with Crippen molar-refractivity contribution >= 4 is 54.3 Å². The molecule has 0 bridgehead atoms. The summed E-state index contributed by atoms with van der Waals surface area (Å²) >= 11 is 0. The van der Waals surface area contributed by atoms with Crippen molar-refractivity contribution in [2.75, 3.05) is 0 Å². The molecule has 1 heteroatoms. The lowest BCUT2D eigenvalue weighted by atomic mass is 9.80. The van der Waals surface area contributed by atoms with Gasteiger partial charge in [-0.05, 0) is 113 Å². The maximum Gasteiger partial charge on any atom is 0.143 e. The Morgan fingerprint density at radius 2 is 0.885 bits per heavy atom. The van der Waals surface area contributed by atoms with Crippen LogP contribution in [0.2, 0.25) is 0 Å². The first kappa shape index (κ1) is 29.3. The highest BCUT2D eigenvalue weighted by molar-refractivity contribution is 6.21. The molecular weight excluding hydrogens is 629 g/mol. The first-order valence-corrected chi connectivity index (χ1v) is 18.2. The van der Waals surface area contributed by atoms with Crippen LogP contribution in [-0.4, -0.2) is 0 Å². The van der Waals surface area contributed by atoms with Crippen LogP contribution in [0.5, 0.6) is 0 Å². The van der Waals surface area contributed by atoms with Crippen molar-refractivity contribution in [1.29, 1.82) is 0 Å². The minimum absolute atomic E-state index is 0.169. The predicted molar refractivity (Wildman–Crippen MR) is 220 cm³/mol. The Hall–Kier alpha value is -6.44. The SMILES string of the molecule is CC1(C)c2cc(-c3ccc4oc5c6ccccc6ccc5c4c3)ccc2-c2ccc(-c3c4ccccc4c(-c4ccccc4)c4ccccc34)cc21. The van der Waals surface area contributed by atoms with Gasteiger partial charge < -0.3 is 4.42 Å². The smallest absolute Gasteiger partial charge is 0.143 e. The fraction of sp³-hybridized carbons (Fsp3) is 0.0588. The van der Waals surface area contributed by atoms with E-state index in [0.717, 1.165) is 27.3 Å². The molecule has 0 N–H and O–H groups in total. The quantitative estimate of drug-likeness (QED) is 0.172. The second kappa shape index (κ2) is 10.8. The average Bonchev–Trinajstić information content (AvgIpc) is 3.68. The molecule has 1 nitrogen and oxygen atoms in total. The van der Waals surface area contributed by atoms with Crippen molar-refractivity contribution in [3.8, 4) is 44.5 Å². The lowest BCUT2D eigenvalue weighted by molar-refractivity contribution is 0.661. The highest BCUT2D eigenvalue weighted by Crippen LogP contribution is 2.52. The Morgan fingerprint density at radius 1 is 0.365 bits per heavy atom. The molecule has 0 saturated heterocycles. The molecule has 244 valence electrons. The van der Waals surface area contributed by atoms with Gasteiger partial charge in [0.25, 0.3) is 0 Å². The third-order valence-electron chi connectivity index (χ3n) is 11.7. The number of benzene rings is 9. The maximum atomic E-state index is 6.44. The van der Waals surface area contributed by atoms with Crippen LogP contribution in [0.15, 0.2) is 174 Å². The topological polar surface area (TPSA) is 13.1 Å². The highest BCUT2D eigenvalue weighted by atomic mass is 16.3. The highest BCUT2D eigenvalue weighted by Gasteiger charge is 2.36. The normalized spacial score (nSPS) is 13.3. The summed E-state index contributed by atoms with van der Waals surface area (Å²) in [6, 6.07) is 62.4. The van der Waals surface area contributed by atoms with Crippen LogP contribution in [0, 0.1) is 0 Å². The van der Waals surface area contributed by atoms with Gasteiger partial charge in [0, 0.05) is 21.6 Å². The van der Waals surface area contributed by atoms with Gasteiger partial charge in [-0.15, -0.1) is 0 Å². The maximum absolute atomic E-state index is 6.44. The Bertz CT molecular complexity index is 3030. The van der Waals surface area contributed by atoms with Gasteiger partial charge in [-0.25, -0.2) is 0 Å². The van der Waals surface area contributed by atoms with Gasteiger partial charge in [-0.1, -0.05) is 153 Å². The molecule has 0 saturated carbocycles. The fourth-order valence-corrected chi connectivity index (χ4v) is 9.11. The molecule has 1 aromatic heterocycles. The molecule has 11 rings (SSSR count). The molecule has 1 aliphatic carbocycles. The van der Waals surface area contributed by atoms with E-state index in [1.54, 1.807) is 0 Å². The molecule has 0 fully saturated rings. The Labute approximate surface area is 302 Å². The Morgan fingerprint density at radius 3 is 1.56 bits per heavy atom. The standard InChI is InChI=1S/C51H34O/c1-51(2)45-29-34(33-23-27-47-44(28-33)43-26-20-31-12-6-7-15-36(31)50(43)52-47)21-24-37(45)38-25-22-35(30-46(38)51)49-41-18-10-8-16-39(41)48(32-13-4-3-5-14-32)40-17-9-11-19-42(40)49/h3-30H,1-2H3. The zero-order valence-corrected chi connectivity index (χ0v) is 29.1. The minimum Gasteiger partial charge on any atom is -0.455 e. The molecule has 9 aromatic carbocycles. The van der Waals surface area contributed by atoms with Crippen LogP contribution in [0.25, 0.3) is 98.8 Å². The van der Waals surface area contributed by atoms with Crippen molar-refractivity contribution in [2.45, 2.75) is 19.3 Å². The molecule has 0 spiro atoms. The van der Waals surface area contributed by atoms with E-state index in [1.165, 1.54) is 82.6 Å². The summed E-state index contributed by atoms with van der Waals surface area (Å²) in [4.78, 5) is 0. The van der Waals surface area contributed by atoms with E-state index < -0.39 is 0 Å². The van der Waals surface area contributed by atoms with E-state index in [0.29, 0.717) is 0 Å². The van der Waals surface area contributed by atoms with E-state index in [9.17, 15) is 0 Å². The van der Waals surface area contributed by atoms with Gasteiger partial charge in [0.15, 0.2) is 0 Å². The number of hydrogen-bond acceptors (Lipinski definition) is 1.